The number of thiazole rings is 1. The van der Waals surface area contributed by atoms with Gasteiger partial charge >= 0.3 is 12.1 Å². The van der Waals surface area contributed by atoms with Gasteiger partial charge in [-0.25, -0.2) is 9.78 Å². The number of ether oxygens (including phenoxy) is 1. The van der Waals surface area contributed by atoms with Crippen LogP contribution in [-0.2, 0) is 23.8 Å². The minimum absolute atomic E-state index is 0.0250. The number of carboxylic acid groups (broad SMARTS) is 1. The van der Waals surface area contributed by atoms with Gasteiger partial charge in [0.2, 0.25) is 0 Å². The molecule has 0 fully saturated rings. The molecule has 1 N–H and O–H groups in total. The number of alkyl halides is 3. The van der Waals surface area contributed by atoms with Gasteiger partial charge in [0.1, 0.15) is 10.8 Å². The fraction of sp³-hybridized carbons (Fsp3) is 0.296. The molecule has 0 radical (unpaired) electrons. The first kappa shape index (κ1) is 27.1. The molecule has 1 aromatic heterocycles. The van der Waals surface area contributed by atoms with Crippen LogP contribution in [0.25, 0.3) is 10.6 Å². The lowest BCUT2D eigenvalue weighted by atomic mass is 10.00. The molecule has 36 heavy (non-hydrogen) atoms. The number of carboxylic acids is 1. The molecule has 3 aromatic rings. The van der Waals surface area contributed by atoms with Crippen LogP contribution in [0.3, 0.4) is 0 Å². The Bertz CT molecular complexity index is 1260. The molecule has 0 saturated carbocycles. The van der Waals surface area contributed by atoms with Crippen molar-refractivity contribution in [3.05, 3.63) is 82.4 Å². The number of hydrogen-bond donors (Lipinski definition) is 1. The minimum Gasteiger partial charge on any atom is -0.482 e. The topological polar surface area (TPSA) is 76.5 Å². The maximum atomic E-state index is 13.5. The van der Waals surface area contributed by atoms with Crippen molar-refractivity contribution < 1.29 is 32.6 Å². The van der Waals surface area contributed by atoms with E-state index >= 15 is 0 Å². The fourth-order valence-electron chi connectivity index (χ4n) is 3.75. The third-order valence-corrected chi connectivity index (χ3v) is 6.58. The van der Waals surface area contributed by atoms with E-state index in [4.69, 9.17) is 9.84 Å². The number of benzene rings is 2. The van der Waals surface area contributed by atoms with Gasteiger partial charge in [-0.05, 0) is 48.6 Å². The standard InChI is InChI=1S/C27H26F3NO4S/c1-4-7-18-14-17(10-12-22(18)35-15-24(33)34)21(32)11-13-23-25(16(2)3)31-26(36-23)19-8-5-6-9-20(19)27(28,29)30/h4-6,8-10,12,14,16H,1,7,11,13,15H2,2-3H3,(H,33,34). The van der Waals surface area contributed by atoms with Crippen LogP contribution in [0.1, 0.15) is 58.2 Å². The average molecular weight is 518 g/mol. The molecule has 1 heterocycles. The third-order valence-electron chi connectivity index (χ3n) is 5.41. The van der Waals surface area contributed by atoms with E-state index in [1.807, 2.05) is 13.8 Å². The van der Waals surface area contributed by atoms with Crippen LogP contribution in [0.5, 0.6) is 5.75 Å². The smallest absolute Gasteiger partial charge is 0.417 e. The first-order valence-electron chi connectivity index (χ1n) is 11.3. The van der Waals surface area contributed by atoms with E-state index < -0.39 is 24.3 Å². The molecule has 2 aromatic carbocycles. The predicted octanol–water partition coefficient (Wildman–Crippen LogP) is 6.96. The molecule has 0 atom stereocenters. The van der Waals surface area contributed by atoms with Crippen molar-refractivity contribution in [2.24, 2.45) is 0 Å². The summed E-state index contributed by atoms with van der Waals surface area (Å²) in [5.74, 6) is -0.915. The Morgan fingerprint density at radius 2 is 1.92 bits per heavy atom. The summed E-state index contributed by atoms with van der Waals surface area (Å²) in [4.78, 5) is 29.1. The highest BCUT2D eigenvalue weighted by Crippen LogP contribution is 2.40. The van der Waals surface area contributed by atoms with Crippen LogP contribution < -0.4 is 4.74 Å². The lowest BCUT2D eigenvalue weighted by molar-refractivity contribution is -0.139. The number of ketones is 1. The van der Waals surface area contributed by atoms with Gasteiger partial charge in [-0.15, -0.1) is 17.9 Å². The predicted molar refractivity (Wildman–Crippen MR) is 133 cm³/mol. The van der Waals surface area contributed by atoms with Crippen LogP contribution in [-0.4, -0.2) is 28.4 Å². The molecule has 0 unspecified atom stereocenters. The molecule has 0 aliphatic heterocycles. The van der Waals surface area contributed by atoms with Gasteiger partial charge in [-0.1, -0.05) is 38.1 Å². The molecule has 0 amide bonds. The Kier molecular flexibility index (Phi) is 8.68. The van der Waals surface area contributed by atoms with E-state index in [1.165, 1.54) is 23.5 Å². The van der Waals surface area contributed by atoms with E-state index in [1.54, 1.807) is 30.3 Å². The Morgan fingerprint density at radius 1 is 1.19 bits per heavy atom. The first-order chi connectivity index (χ1) is 17.0. The zero-order valence-corrected chi connectivity index (χ0v) is 20.7. The lowest BCUT2D eigenvalue weighted by Gasteiger charge is -2.11. The SMILES string of the molecule is C=CCc1cc(C(=O)CCc2sc(-c3ccccc3C(F)(F)F)nc2C(C)C)ccc1OCC(=O)O. The van der Waals surface area contributed by atoms with Crippen molar-refractivity contribution in [3.63, 3.8) is 0 Å². The lowest BCUT2D eigenvalue weighted by Crippen LogP contribution is -2.11. The molecule has 0 spiro atoms. The highest BCUT2D eigenvalue weighted by atomic mass is 32.1. The average Bonchev–Trinajstić information content (AvgIpc) is 3.26. The largest absolute Gasteiger partial charge is 0.482 e. The molecular weight excluding hydrogens is 491 g/mol. The normalized spacial score (nSPS) is 11.5. The molecule has 0 aliphatic rings. The number of Topliss-reactive ketones (excluding diaryl/α,β-unsaturated/α-hetero) is 1. The Balaban J connectivity index is 1.84. The molecular formula is C27H26F3NO4S. The summed E-state index contributed by atoms with van der Waals surface area (Å²) < 4.78 is 45.9. The summed E-state index contributed by atoms with van der Waals surface area (Å²) in [5.41, 5.74) is 1.05. The van der Waals surface area contributed by atoms with E-state index in [0.717, 1.165) is 10.9 Å². The highest BCUT2D eigenvalue weighted by Gasteiger charge is 2.34. The number of aliphatic carboxylic acids is 1. The van der Waals surface area contributed by atoms with Gasteiger partial charge in [-0.3, -0.25) is 4.79 Å². The fourth-order valence-corrected chi connectivity index (χ4v) is 5.00. The van der Waals surface area contributed by atoms with Crippen molar-refractivity contribution in [2.45, 2.75) is 45.2 Å². The number of nitrogens with zero attached hydrogens (tertiary/aromatic N) is 1. The van der Waals surface area contributed by atoms with Gasteiger partial charge in [0, 0.05) is 22.4 Å². The second-order valence-electron chi connectivity index (χ2n) is 8.45. The van der Waals surface area contributed by atoms with Crippen LogP contribution in [0.2, 0.25) is 0 Å². The number of aryl methyl sites for hydroxylation is 1. The van der Waals surface area contributed by atoms with Crippen molar-refractivity contribution in [1.82, 2.24) is 4.98 Å². The van der Waals surface area contributed by atoms with Crippen molar-refractivity contribution in [2.75, 3.05) is 6.61 Å². The number of hydrogen-bond acceptors (Lipinski definition) is 5. The molecule has 3 rings (SSSR count). The number of aromatic nitrogens is 1. The van der Waals surface area contributed by atoms with Crippen molar-refractivity contribution in [3.8, 4) is 16.3 Å². The van der Waals surface area contributed by atoms with E-state index in [0.29, 0.717) is 35.4 Å². The molecule has 190 valence electrons. The number of carbonyl (C=O) groups is 2. The van der Waals surface area contributed by atoms with E-state index in [9.17, 15) is 22.8 Å². The monoisotopic (exact) mass is 517 g/mol. The maximum absolute atomic E-state index is 13.5. The van der Waals surface area contributed by atoms with Crippen molar-refractivity contribution >= 4 is 23.1 Å². The van der Waals surface area contributed by atoms with Crippen molar-refractivity contribution in [1.29, 1.82) is 0 Å². The van der Waals surface area contributed by atoms with Crippen LogP contribution in [0.4, 0.5) is 13.2 Å². The summed E-state index contributed by atoms with van der Waals surface area (Å²) in [6.07, 6.45) is -1.99. The van der Waals surface area contributed by atoms with Gasteiger partial charge in [0.25, 0.3) is 0 Å². The second-order valence-corrected chi connectivity index (χ2v) is 9.53. The van der Waals surface area contributed by atoms with Crippen LogP contribution >= 0.6 is 11.3 Å². The number of carbonyl (C=O) groups excluding carboxylic acids is 1. The minimum atomic E-state index is -4.50. The van der Waals surface area contributed by atoms with Crippen LogP contribution in [0.15, 0.2) is 55.1 Å². The quantitative estimate of drug-likeness (QED) is 0.220. The Hall–Kier alpha value is -3.46. The molecule has 9 heteroatoms. The summed E-state index contributed by atoms with van der Waals surface area (Å²) in [5, 5.41) is 9.13. The zero-order valence-electron chi connectivity index (χ0n) is 19.9. The molecule has 0 bridgehead atoms. The Labute approximate surface area is 211 Å². The number of allylic oxidation sites excluding steroid dienone is 1. The first-order valence-corrected chi connectivity index (χ1v) is 12.1. The number of halogens is 3. The van der Waals surface area contributed by atoms with E-state index in [-0.39, 0.29) is 28.7 Å². The summed E-state index contributed by atoms with van der Waals surface area (Å²) in [6, 6.07) is 10.1. The second kappa shape index (κ2) is 11.5. The Morgan fingerprint density at radius 3 is 2.56 bits per heavy atom. The van der Waals surface area contributed by atoms with Gasteiger partial charge in [0.05, 0.1) is 11.3 Å². The summed E-state index contributed by atoms with van der Waals surface area (Å²) in [7, 11) is 0. The zero-order chi connectivity index (χ0) is 26.5. The summed E-state index contributed by atoms with van der Waals surface area (Å²) >= 11 is 1.18. The van der Waals surface area contributed by atoms with Gasteiger partial charge < -0.3 is 9.84 Å². The number of rotatable bonds is 11. The summed E-state index contributed by atoms with van der Waals surface area (Å²) in [6.45, 7) is 7.01. The van der Waals surface area contributed by atoms with Gasteiger partial charge in [-0.2, -0.15) is 13.2 Å². The third kappa shape index (κ3) is 6.60. The highest BCUT2D eigenvalue weighted by molar-refractivity contribution is 7.15. The molecule has 5 nitrogen and oxygen atoms in total. The van der Waals surface area contributed by atoms with Crippen LogP contribution in [0, 0.1) is 0 Å². The maximum Gasteiger partial charge on any atom is 0.417 e. The van der Waals surface area contributed by atoms with E-state index in [2.05, 4.69) is 11.6 Å². The molecule has 0 aliphatic carbocycles. The molecule has 0 saturated heterocycles. The van der Waals surface area contributed by atoms with Gasteiger partial charge in [0.15, 0.2) is 12.4 Å².